The highest BCUT2D eigenvalue weighted by Gasteiger charge is 2.16. The summed E-state index contributed by atoms with van der Waals surface area (Å²) >= 11 is 0. The van der Waals surface area contributed by atoms with E-state index in [2.05, 4.69) is 0 Å². The maximum Gasteiger partial charge on any atom is 0.344 e. The molecule has 0 fully saturated rings. The lowest BCUT2D eigenvalue weighted by Crippen LogP contribution is -2.22. The Hall–Kier alpha value is -2.49. The van der Waals surface area contributed by atoms with Gasteiger partial charge in [-0.3, -0.25) is 0 Å². The molecule has 0 radical (unpaired) electrons. The fourth-order valence-electron chi connectivity index (χ4n) is 2.05. The molecule has 2 aromatic carbocycles. The van der Waals surface area contributed by atoms with Gasteiger partial charge >= 0.3 is 5.97 Å². The molecule has 4 nitrogen and oxygen atoms in total. The van der Waals surface area contributed by atoms with E-state index in [0.717, 1.165) is 16.4 Å². The van der Waals surface area contributed by atoms with Crippen LogP contribution in [-0.2, 0) is 4.79 Å². The first-order valence-corrected chi connectivity index (χ1v) is 5.96. The van der Waals surface area contributed by atoms with Crippen LogP contribution in [0.3, 0.4) is 0 Å². The van der Waals surface area contributed by atoms with Gasteiger partial charge in [0.1, 0.15) is 5.58 Å². The fraction of sp³-hybridized carbons (Fsp3) is 0.133. The Bertz CT molecular complexity index is 757. The van der Waals surface area contributed by atoms with E-state index in [-0.39, 0.29) is 0 Å². The monoisotopic (exact) mass is 256 g/mol. The predicted molar refractivity (Wildman–Crippen MR) is 71.4 cm³/mol. The molecule has 0 bridgehead atoms. The molecule has 0 amide bonds. The van der Waals surface area contributed by atoms with Crippen LogP contribution in [0.15, 0.2) is 46.9 Å². The van der Waals surface area contributed by atoms with Crippen molar-refractivity contribution in [1.29, 1.82) is 0 Å². The molecule has 0 spiro atoms. The number of carboxylic acids is 1. The van der Waals surface area contributed by atoms with Crippen LogP contribution in [-0.4, -0.2) is 17.2 Å². The summed E-state index contributed by atoms with van der Waals surface area (Å²) in [5, 5.41) is 10.8. The van der Waals surface area contributed by atoms with Crippen LogP contribution in [0.5, 0.6) is 5.75 Å². The minimum absolute atomic E-state index is 0.448. The van der Waals surface area contributed by atoms with E-state index in [1.54, 1.807) is 6.07 Å². The van der Waals surface area contributed by atoms with E-state index in [1.807, 2.05) is 36.4 Å². The molecule has 1 atom stereocenters. The third-order valence-electron chi connectivity index (χ3n) is 3.02. The second-order valence-corrected chi connectivity index (χ2v) is 4.33. The minimum Gasteiger partial charge on any atom is -0.479 e. The molecule has 0 saturated carbocycles. The Morgan fingerprint density at radius 2 is 1.89 bits per heavy atom. The quantitative estimate of drug-likeness (QED) is 0.779. The molecule has 1 N–H and O–H groups in total. The molecule has 1 aromatic heterocycles. The summed E-state index contributed by atoms with van der Waals surface area (Å²) < 4.78 is 11.2. The average Bonchev–Trinajstić information content (AvgIpc) is 2.78. The van der Waals surface area contributed by atoms with Gasteiger partial charge in [0.2, 0.25) is 0 Å². The lowest BCUT2D eigenvalue weighted by molar-refractivity contribution is -0.144. The van der Waals surface area contributed by atoms with Crippen LogP contribution in [0.2, 0.25) is 0 Å². The van der Waals surface area contributed by atoms with Crippen molar-refractivity contribution in [3.63, 3.8) is 0 Å². The number of carboxylic acid groups (broad SMARTS) is 1. The van der Waals surface area contributed by atoms with Crippen LogP contribution >= 0.6 is 0 Å². The fourth-order valence-corrected chi connectivity index (χ4v) is 2.05. The van der Waals surface area contributed by atoms with Gasteiger partial charge < -0.3 is 14.3 Å². The number of hydrogen-bond donors (Lipinski definition) is 1. The molecule has 0 saturated heterocycles. The van der Waals surface area contributed by atoms with Crippen LogP contribution in [0.25, 0.3) is 21.9 Å². The first-order valence-electron chi connectivity index (χ1n) is 5.96. The molecule has 0 aliphatic heterocycles. The molecular formula is C15H12O4. The Kier molecular flexibility index (Phi) is 2.63. The summed E-state index contributed by atoms with van der Waals surface area (Å²) in [6.07, 6.45) is -0.918. The SMILES string of the molecule is C[C@@H](Oc1cccc2c1oc1ccccc12)C(=O)O. The molecule has 3 aromatic rings. The summed E-state index contributed by atoms with van der Waals surface area (Å²) in [5.41, 5.74) is 1.34. The third-order valence-corrected chi connectivity index (χ3v) is 3.02. The summed E-state index contributed by atoms with van der Waals surface area (Å²) in [4.78, 5) is 10.9. The van der Waals surface area contributed by atoms with Crippen LogP contribution < -0.4 is 4.74 Å². The second kappa shape index (κ2) is 4.31. The summed E-state index contributed by atoms with van der Waals surface area (Å²) in [5.74, 6) is -0.559. The van der Waals surface area contributed by atoms with Gasteiger partial charge in [-0.15, -0.1) is 0 Å². The van der Waals surface area contributed by atoms with Crippen molar-refractivity contribution in [2.75, 3.05) is 0 Å². The molecule has 3 rings (SSSR count). The van der Waals surface area contributed by atoms with Crippen molar-refractivity contribution in [1.82, 2.24) is 0 Å². The predicted octanol–water partition coefficient (Wildman–Crippen LogP) is 3.44. The zero-order valence-corrected chi connectivity index (χ0v) is 10.3. The molecule has 96 valence electrons. The standard InChI is InChI=1S/C15H12O4/c1-9(15(16)17)18-13-8-4-6-11-10-5-2-3-7-12(10)19-14(11)13/h2-9H,1H3,(H,16,17)/t9-/m1/s1. The van der Waals surface area contributed by atoms with E-state index < -0.39 is 12.1 Å². The second-order valence-electron chi connectivity index (χ2n) is 4.33. The summed E-state index contributed by atoms with van der Waals surface area (Å²) in [6.45, 7) is 1.49. The smallest absolute Gasteiger partial charge is 0.344 e. The van der Waals surface area contributed by atoms with Crippen molar-refractivity contribution in [2.24, 2.45) is 0 Å². The van der Waals surface area contributed by atoms with Crippen LogP contribution in [0, 0.1) is 0 Å². The summed E-state index contributed by atoms with van der Waals surface area (Å²) in [6, 6.07) is 13.1. The van der Waals surface area contributed by atoms with Gasteiger partial charge in [-0.05, 0) is 19.1 Å². The number of benzene rings is 2. The highest BCUT2D eigenvalue weighted by molar-refractivity contribution is 6.06. The molecule has 0 unspecified atom stereocenters. The zero-order chi connectivity index (χ0) is 13.4. The number of aliphatic carboxylic acids is 1. The van der Waals surface area contributed by atoms with Gasteiger partial charge in [0.25, 0.3) is 0 Å². The van der Waals surface area contributed by atoms with Gasteiger partial charge in [0.15, 0.2) is 17.4 Å². The van der Waals surface area contributed by atoms with Crippen molar-refractivity contribution in [2.45, 2.75) is 13.0 Å². The number of rotatable bonds is 3. The van der Waals surface area contributed by atoms with Crippen LogP contribution in [0.1, 0.15) is 6.92 Å². The van der Waals surface area contributed by atoms with E-state index in [0.29, 0.717) is 11.3 Å². The number of furan rings is 1. The number of ether oxygens (including phenoxy) is 1. The number of hydrogen-bond acceptors (Lipinski definition) is 3. The normalized spacial score (nSPS) is 12.7. The Morgan fingerprint density at radius 3 is 2.68 bits per heavy atom. The van der Waals surface area contributed by atoms with Crippen molar-refractivity contribution in [3.05, 3.63) is 42.5 Å². The minimum atomic E-state index is -1.01. The maximum absolute atomic E-state index is 10.9. The molecule has 1 heterocycles. The Balaban J connectivity index is 2.18. The van der Waals surface area contributed by atoms with E-state index >= 15 is 0 Å². The first-order chi connectivity index (χ1) is 9.16. The van der Waals surface area contributed by atoms with E-state index in [4.69, 9.17) is 14.3 Å². The van der Waals surface area contributed by atoms with Crippen molar-refractivity contribution in [3.8, 4) is 5.75 Å². The van der Waals surface area contributed by atoms with Crippen molar-refractivity contribution >= 4 is 27.9 Å². The Morgan fingerprint density at radius 1 is 1.16 bits per heavy atom. The maximum atomic E-state index is 10.9. The molecule has 0 aliphatic carbocycles. The molecule has 19 heavy (non-hydrogen) atoms. The molecule has 0 aliphatic rings. The number of carbonyl (C=O) groups is 1. The summed E-state index contributed by atoms with van der Waals surface area (Å²) in [7, 11) is 0. The largest absolute Gasteiger partial charge is 0.479 e. The van der Waals surface area contributed by atoms with Gasteiger partial charge in [0.05, 0.1) is 0 Å². The van der Waals surface area contributed by atoms with Gasteiger partial charge in [-0.25, -0.2) is 4.79 Å². The zero-order valence-electron chi connectivity index (χ0n) is 10.3. The average molecular weight is 256 g/mol. The third kappa shape index (κ3) is 1.91. The Labute approximate surface area is 109 Å². The van der Waals surface area contributed by atoms with Crippen molar-refractivity contribution < 1.29 is 19.1 Å². The lowest BCUT2D eigenvalue weighted by atomic mass is 10.1. The highest BCUT2D eigenvalue weighted by Crippen LogP contribution is 2.34. The van der Waals surface area contributed by atoms with Crippen LogP contribution in [0.4, 0.5) is 0 Å². The van der Waals surface area contributed by atoms with Gasteiger partial charge in [-0.1, -0.05) is 30.3 Å². The lowest BCUT2D eigenvalue weighted by Gasteiger charge is -2.10. The van der Waals surface area contributed by atoms with Gasteiger partial charge in [-0.2, -0.15) is 0 Å². The molecular weight excluding hydrogens is 244 g/mol. The topological polar surface area (TPSA) is 59.7 Å². The van der Waals surface area contributed by atoms with Gasteiger partial charge in [0, 0.05) is 10.8 Å². The number of para-hydroxylation sites is 2. The highest BCUT2D eigenvalue weighted by atomic mass is 16.5. The van der Waals surface area contributed by atoms with E-state index in [1.165, 1.54) is 6.92 Å². The first kappa shape index (κ1) is 11.6. The van der Waals surface area contributed by atoms with E-state index in [9.17, 15) is 4.79 Å². The number of fused-ring (bicyclic) bond motifs is 3. The molecule has 4 heteroatoms.